The minimum Gasteiger partial charge on any atom is -0.475 e. The van der Waals surface area contributed by atoms with Gasteiger partial charge in [-0.2, -0.15) is 18.4 Å². The molecule has 0 radical (unpaired) electrons. The van der Waals surface area contributed by atoms with Gasteiger partial charge in [-0.3, -0.25) is 4.79 Å². The zero-order chi connectivity index (χ0) is 21.8. The van der Waals surface area contributed by atoms with Gasteiger partial charge in [0.2, 0.25) is 0 Å². The molecule has 1 amide bonds. The van der Waals surface area contributed by atoms with Crippen molar-refractivity contribution in [3.05, 3.63) is 35.4 Å². The molecule has 2 fully saturated rings. The molecule has 3 rings (SSSR count). The van der Waals surface area contributed by atoms with Crippen LogP contribution in [0.2, 0.25) is 0 Å². The van der Waals surface area contributed by atoms with E-state index in [1.165, 1.54) is 0 Å². The maximum absolute atomic E-state index is 12.6. The summed E-state index contributed by atoms with van der Waals surface area (Å²) in [6.07, 6.45) is -4.92. The molecule has 2 heterocycles. The molecule has 2 aliphatic heterocycles. The second-order valence-electron chi connectivity index (χ2n) is 7.26. The summed E-state index contributed by atoms with van der Waals surface area (Å²) in [6.45, 7) is 3.19. The van der Waals surface area contributed by atoms with E-state index in [9.17, 15) is 18.0 Å². The normalized spacial score (nSPS) is 23.2. The molecule has 158 valence electrons. The van der Waals surface area contributed by atoms with E-state index in [-0.39, 0.29) is 12.0 Å². The summed E-state index contributed by atoms with van der Waals surface area (Å²) in [7, 11) is 4.14. The highest BCUT2D eigenvalue weighted by Crippen LogP contribution is 2.34. The van der Waals surface area contributed by atoms with Crippen LogP contribution in [-0.2, 0) is 9.53 Å². The van der Waals surface area contributed by atoms with E-state index in [0.29, 0.717) is 29.5 Å². The number of fused-ring (bicyclic) bond motifs is 1. The molecule has 1 aromatic carbocycles. The Morgan fingerprint density at radius 3 is 2.55 bits per heavy atom. The number of carboxylic acids is 1. The van der Waals surface area contributed by atoms with Crippen molar-refractivity contribution in [2.75, 3.05) is 40.3 Å². The van der Waals surface area contributed by atoms with Crippen molar-refractivity contribution in [2.45, 2.75) is 12.3 Å². The Hall–Kier alpha value is -2.64. The van der Waals surface area contributed by atoms with E-state index in [1.54, 1.807) is 24.3 Å². The molecule has 1 aromatic rings. The molecule has 0 aliphatic carbocycles. The van der Waals surface area contributed by atoms with E-state index in [2.05, 4.69) is 25.1 Å². The highest BCUT2D eigenvalue weighted by Gasteiger charge is 2.45. The van der Waals surface area contributed by atoms with Gasteiger partial charge in [-0.15, -0.1) is 0 Å². The van der Waals surface area contributed by atoms with Crippen molar-refractivity contribution < 1.29 is 32.6 Å². The summed E-state index contributed by atoms with van der Waals surface area (Å²) in [5, 5.41) is 16.1. The fourth-order valence-electron chi connectivity index (χ4n) is 3.53. The summed E-state index contributed by atoms with van der Waals surface area (Å²) >= 11 is 0. The van der Waals surface area contributed by atoms with E-state index in [1.807, 2.05) is 4.90 Å². The minimum absolute atomic E-state index is 0.00120. The van der Waals surface area contributed by atoms with Gasteiger partial charge < -0.3 is 19.6 Å². The van der Waals surface area contributed by atoms with Crippen molar-refractivity contribution >= 4 is 11.9 Å². The lowest BCUT2D eigenvalue weighted by atomic mass is 9.93. The van der Waals surface area contributed by atoms with Crippen LogP contribution in [0.4, 0.5) is 13.2 Å². The molecule has 0 bridgehead atoms. The third kappa shape index (κ3) is 5.92. The van der Waals surface area contributed by atoms with Gasteiger partial charge in [0.05, 0.1) is 24.3 Å². The first-order valence-corrected chi connectivity index (χ1v) is 8.88. The van der Waals surface area contributed by atoms with Gasteiger partial charge in [-0.1, -0.05) is 6.07 Å². The van der Waals surface area contributed by atoms with Crippen molar-refractivity contribution in [1.82, 2.24) is 9.80 Å². The van der Waals surface area contributed by atoms with Crippen LogP contribution in [0.3, 0.4) is 0 Å². The number of nitrogens with zero attached hydrogens (tertiary/aromatic N) is 3. The number of aliphatic carboxylic acids is 1. The summed E-state index contributed by atoms with van der Waals surface area (Å²) in [4.78, 5) is 25.6. The first-order valence-electron chi connectivity index (χ1n) is 8.88. The zero-order valence-corrected chi connectivity index (χ0v) is 16.0. The smallest absolute Gasteiger partial charge is 0.475 e. The number of rotatable bonds is 3. The topological polar surface area (TPSA) is 93.9 Å². The average Bonchev–Trinajstić information content (AvgIpc) is 3.22. The van der Waals surface area contributed by atoms with Gasteiger partial charge in [0, 0.05) is 37.0 Å². The monoisotopic (exact) mass is 413 g/mol. The van der Waals surface area contributed by atoms with E-state index >= 15 is 0 Å². The van der Waals surface area contributed by atoms with Crippen LogP contribution in [0.25, 0.3) is 0 Å². The Labute approximate surface area is 166 Å². The first-order chi connectivity index (χ1) is 13.5. The predicted molar refractivity (Wildman–Crippen MR) is 96.0 cm³/mol. The van der Waals surface area contributed by atoms with Crippen LogP contribution < -0.4 is 0 Å². The second-order valence-corrected chi connectivity index (χ2v) is 7.26. The summed E-state index contributed by atoms with van der Waals surface area (Å²) < 4.78 is 37.6. The number of carboxylic acid groups (broad SMARTS) is 1. The van der Waals surface area contributed by atoms with Crippen molar-refractivity contribution in [3.63, 3.8) is 0 Å². The molecular weight excluding hydrogens is 391 g/mol. The molecule has 3 atom stereocenters. The van der Waals surface area contributed by atoms with Crippen LogP contribution in [0, 0.1) is 23.2 Å². The van der Waals surface area contributed by atoms with Crippen LogP contribution >= 0.6 is 0 Å². The Bertz CT molecular complexity index is 792. The number of halogens is 3. The quantitative estimate of drug-likeness (QED) is 0.813. The van der Waals surface area contributed by atoms with Gasteiger partial charge in [0.1, 0.15) is 0 Å². The first kappa shape index (κ1) is 22.6. The average molecular weight is 413 g/mol. The molecule has 0 spiro atoms. The molecule has 0 aromatic heterocycles. The fourth-order valence-corrected chi connectivity index (χ4v) is 3.53. The maximum Gasteiger partial charge on any atom is 0.490 e. The summed E-state index contributed by atoms with van der Waals surface area (Å²) in [5.41, 5.74) is 1.11. The van der Waals surface area contributed by atoms with Crippen molar-refractivity contribution in [2.24, 2.45) is 11.8 Å². The third-order valence-electron chi connectivity index (χ3n) is 4.81. The standard InChI is InChI=1S/C17H21N3O2.C2HF3O2/c1-19(2)8-14-11-22-16-10-20(9-15(14)16)17(21)13-5-3-4-12(6-13)7-18;3-2(4,5)1(6)7/h3-6,14-16H,8-11H2,1-2H3;(H,6,7)/t14-,15-,16-;/m1./s1. The van der Waals surface area contributed by atoms with Gasteiger partial charge in [0.15, 0.2) is 0 Å². The number of hydrogen-bond acceptors (Lipinski definition) is 5. The number of carbonyl (C=O) groups excluding carboxylic acids is 1. The largest absolute Gasteiger partial charge is 0.490 e. The lowest BCUT2D eigenvalue weighted by Gasteiger charge is -2.22. The lowest BCUT2D eigenvalue weighted by molar-refractivity contribution is -0.192. The van der Waals surface area contributed by atoms with Gasteiger partial charge in [-0.25, -0.2) is 4.79 Å². The molecule has 1 N–H and O–H groups in total. The molecule has 0 saturated carbocycles. The van der Waals surface area contributed by atoms with Crippen LogP contribution in [0.15, 0.2) is 24.3 Å². The van der Waals surface area contributed by atoms with Crippen LogP contribution in [0.5, 0.6) is 0 Å². The number of nitriles is 1. The molecule has 2 aliphatic rings. The molecule has 10 heteroatoms. The lowest BCUT2D eigenvalue weighted by Crippen LogP contribution is -2.33. The fraction of sp³-hybridized carbons (Fsp3) is 0.526. The van der Waals surface area contributed by atoms with Gasteiger partial charge in [-0.05, 0) is 32.3 Å². The highest BCUT2D eigenvalue weighted by atomic mass is 19.4. The number of alkyl halides is 3. The van der Waals surface area contributed by atoms with Crippen LogP contribution in [-0.4, -0.2) is 79.4 Å². The maximum atomic E-state index is 12.6. The Morgan fingerprint density at radius 2 is 2.00 bits per heavy atom. The van der Waals surface area contributed by atoms with E-state index in [0.717, 1.165) is 19.7 Å². The molecular formula is C19H22F3N3O4. The number of benzene rings is 1. The van der Waals surface area contributed by atoms with E-state index < -0.39 is 12.1 Å². The SMILES string of the molecule is CN(C)C[C@@H]1CO[C@@H]2CN(C(=O)c3cccc(C#N)c3)C[C@H]12.O=C(O)C(F)(F)F. The number of ether oxygens (including phenoxy) is 1. The molecule has 0 unspecified atom stereocenters. The van der Waals surface area contributed by atoms with Gasteiger partial charge >= 0.3 is 12.1 Å². The van der Waals surface area contributed by atoms with Crippen molar-refractivity contribution in [3.8, 4) is 6.07 Å². The van der Waals surface area contributed by atoms with Crippen molar-refractivity contribution in [1.29, 1.82) is 5.26 Å². The molecule has 29 heavy (non-hydrogen) atoms. The Kier molecular flexibility index (Phi) is 7.21. The summed E-state index contributed by atoms with van der Waals surface area (Å²) in [6, 6.07) is 8.99. The second kappa shape index (κ2) is 9.24. The highest BCUT2D eigenvalue weighted by molar-refractivity contribution is 5.94. The molecule has 7 nitrogen and oxygen atoms in total. The molecule has 2 saturated heterocycles. The Morgan fingerprint density at radius 1 is 1.34 bits per heavy atom. The predicted octanol–water partition coefficient (Wildman–Crippen LogP) is 1.84. The van der Waals surface area contributed by atoms with Crippen LogP contribution in [0.1, 0.15) is 15.9 Å². The number of hydrogen-bond donors (Lipinski definition) is 1. The zero-order valence-electron chi connectivity index (χ0n) is 16.0. The number of likely N-dealkylation sites (tertiary alicyclic amines) is 1. The van der Waals surface area contributed by atoms with Gasteiger partial charge in [0.25, 0.3) is 5.91 Å². The number of amides is 1. The minimum atomic E-state index is -5.08. The number of carbonyl (C=O) groups is 2. The third-order valence-corrected chi connectivity index (χ3v) is 4.81. The summed E-state index contributed by atoms with van der Waals surface area (Å²) in [5.74, 6) is -1.85. The Balaban J connectivity index is 0.000000370. The van der Waals surface area contributed by atoms with E-state index in [4.69, 9.17) is 19.9 Å².